The van der Waals surface area contributed by atoms with Crippen molar-refractivity contribution in [3.63, 3.8) is 0 Å². The molecule has 0 aliphatic rings. The average molecular weight is 304 g/mol. The number of amides is 1. The van der Waals surface area contributed by atoms with E-state index in [1.54, 1.807) is 0 Å². The summed E-state index contributed by atoms with van der Waals surface area (Å²) in [6.45, 7) is 1.25. The van der Waals surface area contributed by atoms with Crippen molar-refractivity contribution in [1.82, 2.24) is 5.32 Å². The Morgan fingerprint density at radius 2 is 1.95 bits per heavy atom. The SMILES string of the molecule is CC(=O)CC(NC(=O)c1ccc(Cl)cc1Cl)C(=O)O. The number of Topliss-reactive ketones (excluding diaryl/α,β-unsaturated/α-hetero) is 1. The molecular formula is C12H11Cl2NO4. The maximum atomic E-state index is 11.9. The Morgan fingerprint density at radius 1 is 1.32 bits per heavy atom. The predicted octanol–water partition coefficient (Wildman–Crippen LogP) is 2.16. The molecule has 0 radical (unpaired) electrons. The molecule has 1 amide bonds. The molecule has 0 spiro atoms. The molecule has 102 valence electrons. The molecule has 1 unspecified atom stereocenters. The molecule has 0 aliphatic heterocycles. The third-order valence-electron chi connectivity index (χ3n) is 2.27. The van der Waals surface area contributed by atoms with Gasteiger partial charge in [-0.3, -0.25) is 9.59 Å². The minimum absolute atomic E-state index is 0.0980. The Labute approximate surface area is 119 Å². The zero-order chi connectivity index (χ0) is 14.6. The largest absolute Gasteiger partial charge is 0.480 e. The highest BCUT2D eigenvalue weighted by Crippen LogP contribution is 2.21. The first-order valence-corrected chi connectivity index (χ1v) is 6.05. The van der Waals surface area contributed by atoms with Gasteiger partial charge < -0.3 is 10.4 Å². The van der Waals surface area contributed by atoms with E-state index in [9.17, 15) is 14.4 Å². The summed E-state index contributed by atoms with van der Waals surface area (Å²) in [4.78, 5) is 33.7. The second-order valence-corrected chi connectivity index (χ2v) is 4.74. The Kier molecular flexibility index (Phi) is 5.32. The number of rotatable bonds is 5. The second-order valence-electron chi connectivity index (χ2n) is 3.89. The van der Waals surface area contributed by atoms with Crippen molar-refractivity contribution in [2.45, 2.75) is 19.4 Å². The molecule has 0 bridgehead atoms. The van der Waals surface area contributed by atoms with Gasteiger partial charge in [0.15, 0.2) is 0 Å². The molecule has 0 aliphatic carbocycles. The van der Waals surface area contributed by atoms with Gasteiger partial charge in [0.1, 0.15) is 11.8 Å². The number of hydrogen-bond acceptors (Lipinski definition) is 3. The highest BCUT2D eigenvalue weighted by Gasteiger charge is 2.23. The number of carbonyl (C=O) groups is 3. The first-order chi connectivity index (χ1) is 8.81. The molecule has 19 heavy (non-hydrogen) atoms. The van der Waals surface area contributed by atoms with Crippen LogP contribution in [-0.4, -0.2) is 28.8 Å². The van der Waals surface area contributed by atoms with Gasteiger partial charge in [-0.25, -0.2) is 4.79 Å². The van der Waals surface area contributed by atoms with Gasteiger partial charge >= 0.3 is 5.97 Å². The van der Waals surface area contributed by atoms with Crippen LogP contribution in [0.1, 0.15) is 23.7 Å². The van der Waals surface area contributed by atoms with Gasteiger partial charge in [-0.1, -0.05) is 23.2 Å². The van der Waals surface area contributed by atoms with Crippen molar-refractivity contribution in [3.05, 3.63) is 33.8 Å². The molecule has 0 saturated heterocycles. The Hall–Kier alpha value is -1.59. The number of hydrogen-bond donors (Lipinski definition) is 2. The highest BCUT2D eigenvalue weighted by atomic mass is 35.5. The zero-order valence-electron chi connectivity index (χ0n) is 9.94. The van der Waals surface area contributed by atoms with Crippen LogP contribution in [0.3, 0.4) is 0 Å². The van der Waals surface area contributed by atoms with Gasteiger partial charge in [0.25, 0.3) is 5.91 Å². The molecule has 5 nitrogen and oxygen atoms in total. The van der Waals surface area contributed by atoms with Gasteiger partial charge in [0.2, 0.25) is 0 Å². The van der Waals surface area contributed by atoms with Crippen molar-refractivity contribution in [3.8, 4) is 0 Å². The van der Waals surface area contributed by atoms with E-state index in [1.807, 2.05) is 0 Å². The van der Waals surface area contributed by atoms with Crippen LogP contribution in [0.15, 0.2) is 18.2 Å². The minimum Gasteiger partial charge on any atom is -0.480 e. The van der Waals surface area contributed by atoms with Crippen molar-refractivity contribution in [2.75, 3.05) is 0 Å². The van der Waals surface area contributed by atoms with Gasteiger partial charge in [-0.05, 0) is 25.1 Å². The molecule has 7 heteroatoms. The zero-order valence-corrected chi connectivity index (χ0v) is 11.5. The number of carbonyl (C=O) groups excluding carboxylic acids is 2. The number of carboxylic acids is 1. The van der Waals surface area contributed by atoms with Crippen molar-refractivity contribution >= 4 is 40.9 Å². The van der Waals surface area contributed by atoms with Gasteiger partial charge in [0, 0.05) is 11.4 Å². The number of benzene rings is 1. The van der Waals surface area contributed by atoms with Crippen LogP contribution in [0, 0.1) is 0 Å². The van der Waals surface area contributed by atoms with E-state index in [2.05, 4.69) is 5.32 Å². The van der Waals surface area contributed by atoms with Crippen molar-refractivity contribution in [2.24, 2.45) is 0 Å². The first-order valence-electron chi connectivity index (χ1n) is 5.29. The van der Waals surface area contributed by atoms with Crippen LogP contribution >= 0.6 is 23.2 Å². The lowest BCUT2D eigenvalue weighted by Crippen LogP contribution is -2.42. The first kappa shape index (κ1) is 15.5. The average Bonchev–Trinajstić information content (AvgIpc) is 2.26. The number of carboxylic acid groups (broad SMARTS) is 1. The van der Waals surface area contributed by atoms with Crippen LogP contribution in [-0.2, 0) is 9.59 Å². The third-order valence-corrected chi connectivity index (χ3v) is 2.82. The molecule has 1 aromatic rings. The summed E-state index contributed by atoms with van der Waals surface area (Å²) >= 11 is 11.5. The molecule has 2 N–H and O–H groups in total. The Balaban J connectivity index is 2.87. The molecule has 1 atom stereocenters. The van der Waals surface area contributed by atoms with Crippen LogP contribution < -0.4 is 5.32 Å². The van der Waals surface area contributed by atoms with E-state index in [0.29, 0.717) is 5.02 Å². The quantitative estimate of drug-likeness (QED) is 0.873. The summed E-state index contributed by atoms with van der Waals surface area (Å²) in [7, 11) is 0. The fourth-order valence-corrected chi connectivity index (χ4v) is 1.89. The van der Waals surface area contributed by atoms with Crippen molar-refractivity contribution in [1.29, 1.82) is 0 Å². The summed E-state index contributed by atoms with van der Waals surface area (Å²) in [6.07, 6.45) is -0.285. The van der Waals surface area contributed by atoms with Gasteiger partial charge in [0.05, 0.1) is 10.6 Å². The standard InChI is InChI=1S/C12H11Cl2NO4/c1-6(16)4-10(12(18)19)15-11(17)8-3-2-7(13)5-9(8)14/h2-3,5,10H,4H2,1H3,(H,15,17)(H,18,19). The van der Waals surface area contributed by atoms with Crippen LogP contribution in [0.4, 0.5) is 0 Å². The summed E-state index contributed by atoms with van der Waals surface area (Å²) in [5, 5.41) is 11.6. The summed E-state index contributed by atoms with van der Waals surface area (Å²) in [5.41, 5.74) is 0.0980. The fraction of sp³-hybridized carbons (Fsp3) is 0.250. The van der Waals surface area contributed by atoms with Crippen LogP contribution in [0.2, 0.25) is 10.0 Å². The Bertz CT molecular complexity index is 530. The molecule has 0 heterocycles. The number of halogens is 2. The molecule has 1 rings (SSSR count). The van der Waals surface area contributed by atoms with Crippen LogP contribution in [0.5, 0.6) is 0 Å². The molecule has 0 saturated carbocycles. The highest BCUT2D eigenvalue weighted by molar-refractivity contribution is 6.36. The molecule has 0 fully saturated rings. The Morgan fingerprint density at radius 3 is 2.42 bits per heavy atom. The van der Waals surface area contributed by atoms with E-state index in [-0.39, 0.29) is 22.8 Å². The van der Waals surface area contributed by atoms with E-state index < -0.39 is 17.9 Å². The molecule has 1 aromatic carbocycles. The lowest BCUT2D eigenvalue weighted by atomic mass is 10.1. The summed E-state index contributed by atoms with van der Waals surface area (Å²) in [6, 6.07) is 2.94. The van der Waals surface area contributed by atoms with Gasteiger partial charge in [-0.2, -0.15) is 0 Å². The topological polar surface area (TPSA) is 83.5 Å². The maximum Gasteiger partial charge on any atom is 0.326 e. The smallest absolute Gasteiger partial charge is 0.326 e. The number of ketones is 1. The van der Waals surface area contributed by atoms with Crippen molar-refractivity contribution < 1.29 is 19.5 Å². The number of aliphatic carboxylic acids is 1. The maximum absolute atomic E-state index is 11.9. The van der Waals surface area contributed by atoms with Crippen LogP contribution in [0.25, 0.3) is 0 Å². The summed E-state index contributed by atoms with van der Waals surface area (Å²) in [5.74, 6) is -2.29. The fourth-order valence-electron chi connectivity index (χ4n) is 1.40. The lowest BCUT2D eigenvalue weighted by molar-refractivity contribution is -0.140. The minimum atomic E-state index is -1.28. The summed E-state index contributed by atoms with van der Waals surface area (Å²) < 4.78 is 0. The molecule has 0 aromatic heterocycles. The second kappa shape index (κ2) is 6.54. The normalized spacial score (nSPS) is 11.7. The monoisotopic (exact) mass is 303 g/mol. The van der Waals surface area contributed by atoms with E-state index >= 15 is 0 Å². The third kappa shape index (κ3) is 4.54. The predicted molar refractivity (Wildman–Crippen MR) is 70.7 cm³/mol. The van der Waals surface area contributed by atoms with E-state index in [0.717, 1.165) is 0 Å². The van der Waals surface area contributed by atoms with Gasteiger partial charge in [-0.15, -0.1) is 0 Å². The van der Waals surface area contributed by atoms with E-state index in [1.165, 1.54) is 25.1 Å². The lowest BCUT2D eigenvalue weighted by Gasteiger charge is -2.13. The molecular weight excluding hydrogens is 293 g/mol. The van der Waals surface area contributed by atoms with E-state index in [4.69, 9.17) is 28.3 Å². The number of nitrogens with one attached hydrogen (secondary N) is 1.